The van der Waals surface area contributed by atoms with Crippen LogP contribution >= 0.6 is 11.3 Å². The van der Waals surface area contributed by atoms with Crippen LogP contribution < -0.4 is 4.90 Å². The summed E-state index contributed by atoms with van der Waals surface area (Å²) >= 11 is 1.20. The van der Waals surface area contributed by atoms with Crippen LogP contribution in [0.3, 0.4) is 0 Å². The highest BCUT2D eigenvalue weighted by Crippen LogP contribution is 2.38. The number of aromatic carboxylic acids is 1. The number of hydrogen-bond donors (Lipinski definition) is 1. The molecule has 122 valence electrons. The second-order valence-corrected chi connectivity index (χ2v) is 6.83. The highest BCUT2D eigenvalue weighted by molar-refractivity contribution is 7.20. The summed E-state index contributed by atoms with van der Waals surface area (Å²) in [5.41, 5.74) is 0.738. The smallest absolute Gasteiger partial charge is 0.346 e. The first-order chi connectivity index (χ1) is 11.1. The molecule has 0 atom stereocenters. The predicted octanol–water partition coefficient (Wildman–Crippen LogP) is 2.04. The molecule has 0 saturated carbocycles. The third kappa shape index (κ3) is 2.37. The van der Waals surface area contributed by atoms with Crippen LogP contribution in [0.1, 0.15) is 28.1 Å². The first kappa shape index (κ1) is 14.8. The molecule has 1 spiro atoms. The van der Waals surface area contributed by atoms with Crippen molar-refractivity contribution < 1.29 is 19.4 Å². The lowest BCUT2D eigenvalue weighted by Gasteiger charge is -2.38. The summed E-state index contributed by atoms with van der Waals surface area (Å²) in [4.78, 5) is 23.3. The van der Waals surface area contributed by atoms with Gasteiger partial charge in [-0.3, -0.25) is 0 Å². The van der Waals surface area contributed by atoms with Gasteiger partial charge in [-0.25, -0.2) is 14.8 Å². The van der Waals surface area contributed by atoms with E-state index in [4.69, 9.17) is 9.47 Å². The topological polar surface area (TPSA) is 84.8 Å². The minimum Gasteiger partial charge on any atom is -0.477 e. The van der Waals surface area contributed by atoms with Crippen molar-refractivity contribution in [2.24, 2.45) is 0 Å². The lowest BCUT2D eigenvalue weighted by atomic mass is 10.0. The minimum absolute atomic E-state index is 0.331. The van der Waals surface area contributed by atoms with E-state index in [2.05, 4.69) is 14.9 Å². The molecule has 23 heavy (non-hydrogen) atoms. The summed E-state index contributed by atoms with van der Waals surface area (Å²) in [6, 6.07) is 0. The SMILES string of the molecule is Cc1c(C(=O)O)sc2ncnc(N3CCC4(CC3)OCCO4)c12. The summed E-state index contributed by atoms with van der Waals surface area (Å²) < 4.78 is 11.5. The van der Waals surface area contributed by atoms with E-state index in [9.17, 15) is 9.90 Å². The van der Waals surface area contributed by atoms with Gasteiger partial charge in [0.1, 0.15) is 21.9 Å². The number of fused-ring (bicyclic) bond motifs is 1. The Morgan fingerprint density at radius 1 is 1.30 bits per heavy atom. The number of anilines is 1. The van der Waals surface area contributed by atoms with Gasteiger partial charge in [-0.15, -0.1) is 11.3 Å². The van der Waals surface area contributed by atoms with Crippen molar-refractivity contribution in [3.63, 3.8) is 0 Å². The molecule has 0 amide bonds. The van der Waals surface area contributed by atoms with Gasteiger partial charge in [-0.1, -0.05) is 0 Å². The third-order valence-electron chi connectivity index (χ3n) is 4.54. The van der Waals surface area contributed by atoms with Gasteiger partial charge in [0, 0.05) is 25.9 Å². The Balaban J connectivity index is 1.68. The third-order valence-corrected chi connectivity index (χ3v) is 5.73. The van der Waals surface area contributed by atoms with Crippen molar-refractivity contribution in [2.45, 2.75) is 25.6 Å². The van der Waals surface area contributed by atoms with Gasteiger partial charge < -0.3 is 19.5 Å². The van der Waals surface area contributed by atoms with Crippen molar-refractivity contribution in [3.8, 4) is 0 Å². The molecule has 0 aliphatic carbocycles. The number of aromatic nitrogens is 2. The zero-order valence-corrected chi connectivity index (χ0v) is 13.6. The number of aryl methyl sites for hydroxylation is 1. The van der Waals surface area contributed by atoms with Crippen molar-refractivity contribution in [2.75, 3.05) is 31.2 Å². The predicted molar refractivity (Wildman–Crippen MR) is 85.2 cm³/mol. The van der Waals surface area contributed by atoms with E-state index < -0.39 is 11.8 Å². The van der Waals surface area contributed by atoms with Crippen LogP contribution in [0, 0.1) is 6.92 Å². The summed E-state index contributed by atoms with van der Waals surface area (Å²) in [5, 5.41) is 10.2. The maximum atomic E-state index is 11.4. The fraction of sp³-hybridized carbons (Fsp3) is 0.533. The highest BCUT2D eigenvalue weighted by Gasteiger charge is 2.40. The average molecular weight is 335 g/mol. The number of carboxylic acid groups (broad SMARTS) is 1. The van der Waals surface area contributed by atoms with Gasteiger partial charge in [0.15, 0.2) is 5.79 Å². The molecule has 2 aliphatic heterocycles. The van der Waals surface area contributed by atoms with Crippen molar-refractivity contribution in [1.29, 1.82) is 0 Å². The van der Waals surface area contributed by atoms with Gasteiger partial charge >= 0.3 is 5.97 Å². The zero-order chi connectivity index (χ0) is 16.0. The number of rotatable bonds is 2. The Kier molecular flexibility index (Phi) is 3.47. The van der Waals surface area contributed by atoms with E-state index >= 15 is 0 Å². The minimum atomic E-state index is -0.915. The Bertz CT molecular complexity index is 759. The molecule has 2 aromatic rings. The highest BCUT2D eigenvalue weighted by atomic mass is 32.1. The zero-order valence-electron chi connectivity index (χ0n) is 12.7. The molecule has 4 heterocycles. The molecule has 4 rings (SSSR count). The molecule has 2 aromatic heterocycles. The molecule has 0 aromatic carbocycles. The van der Waals surface area contributed by atoms with Gasteiger partial charge in [0.25, 0.3) is 0 Å². The summed E-state index contributed by atoms with van der Waals surface area (Å²) in [7, 11) is 0. The van der Waals surface area contributed by atoms with Crippen LogP contribution in [0.15, 0.2) is 6.33 Å². The second kappa shape index (κ2) is 5.40. The van der Waals surface area contributed by atoms with Crippen molar-refractivity contribution in [3.05, 3.63) is 16.8 Å². The van der Waals surface area contributed by atoms with Gasteiger partial charge in [-0.2, -0.15) is 0 Å². The molecule has 7 nitrogen and oxygen atoms in total. The number of ether oxygens (including phenoxy) is 2. The van der Waals surface area contributed by atoms with Crippen LogP contribution in [0.25, 0.3) is 10.2 Å². The average Bonchev–Trinajstić information content (AvgIpc) is 3.13. The lowest BCUT2D eigenvalue weighted by molar-refractivity contribution is -0.169. The first-order valence-electron chi connectivity index (χ1n) is 7.60. The Labute approximate surface area is 136 Å². The number of thiophene rings is 1. The molecule has 0 bridgehead atoms. The standard InChI is InChI=1S/C15H17N3O4S/c1-9-10-12(16-8-17-13(10)23-11(9)14(19)20)18-4-2-15(3-5-18)21-6-7-22-15/h8H,2-7H2,1H3,(H,19,20). The number of piperidine rings is 1. The molecule has 1 N–H and O–H groups in total. The Hall–Kier alpha value is -1.77. The quantitative estimate of drug-likeness (QED) is 0.899. The van der Waals surface area contributed by atoms with Crippen LogP contribution in [0.5, 0.6) is 0 Å². The first-order valence-corrected chi connectivity index (χ1v) is 8.41. The fourth-order valence-electron chi connectivity index (χ4n) is 3.34. The molecule has 2 aliphatic rings. The summed E-state index contributed by atoms with van der Waals surface area (Å²) in [6.07, 6.45) is 3.08. The largest absolute Gasteiger partial charge is 0.477 e. The van der Waals surface area contributed by atoms with E-state index in [0.717, 1.165) is 47.5 Å². The molecule has 8 heteroatoms. The van der Waals surface area contributed by atoms with E-state index in [1.807, 2.05) is 6.92 Å². The number of carboxylic acids is 1. The Morgan fingerprint density at radius 3 is 2.65 bits per heavy atom. The van der Waals surface area contributed by atoms with Gasteiger partial charge in [-0.05, 0) is 12.5 Å². The van der Waals surface area contributed by atoms with E-state index in [1.165, 1.54) is 17.7 Å². The second-order valence-electron chi connectivity index (χ2n) is 5.83. The number of nitrogens with zero attached hydrogens (tertiary/aromatic N) is 3. The van der Waals surface area contributed by atoms with Gasteiger partial charge in [0.05, 0.1) is 18.6 Å². The molecule has 0 unspecified atom stereocenters. The van der Waals surface area contributed by atoms with Crippen molar-refractivity contribution in [1.82, 2.24) is 9.97 Å². The molecule has 2 saturated heterocycles. The number of carbonyl (C=O) groups is 1. The van der Waals surface area contributed by atoms with Crippen LogP contribution in [0.4, 0.5) is 5.82 Å². The van der Waals surface area contributed by atoms with Crippen LogP contribution in [0.2, 0.25) is 0 Å². The molecular weight excluding hydrogens is 318 g/mol. The molecular formula is C15H17N3O4S. The van der Waals surface area contributed by atoms with E-state index in [0.29, 0.717) is 18.1 Å². The Morgan fingerprint density at radius 2 is 2.00 bits per heavy atom. The van der Waals surface area contributed by atoms with Crippen molar-refractivity contribution >= 4 is 33.3 Å². The summed E-state index contributed by atoms with van der Waals surface area (Å²) in [5.74, 6) is -0.538. The molecule has 0 radical (unpaired) electrons. The normalized spacial score (nSPS) is 20.5. The van der Waals surface area contributed by atoms with Crippen LogP contribution in [-0.4, -0.2) is 53.1 Å². The van der Waals surface area contributed by atoms with E-state index in [-0.39, 0.29) is 0 Å². The van der Waals surface area contributed by atoms with Gasteiger partial charge in [0.2, 0.25) is 0 Å². The fourth-order valence-corrected chi connectivity index (χ4v) is 4.32. The summed E-state index contributed by atoms with van der Waals surface area (Å²) in [6.45, 7) is 4.67. The maximum absolute atomic E-state index is 11.4. The van der Waals surface area contributed by atoms with Crippen LogP contribution in [-0.2, 0) is 9.47 Å². The monoisotopic (exact) mass is 335 g/mol. The van der Waals surface area contributed by atoms with E-state index in [1.54, 1.807) is 0 Å². The lowest BCUT2D eigenvalue weighted by Crippen LogP contribution is -2.45. The maximum Gasteiger partial charge on any atom is 0.346 e. The number of hydrogen-bond acceptors (Lipinski definition) is 7. The molecule has 2 fully saturated rings.